The molecule has 12 heteroatoms. The number of nitrogens with two attached hydrogens (primary N) is 1. The third kappa shape index (κ3) is 4.46. The summed E-state index contributed by atoms with van der Waals surface area (Å²) in [7, 11) is 0. The van der Waals surface area contributed by atoms with Crippen LogP contribution in [-0.4, -0.2) is 38.3 Å². The molecule has 0 aromatic carbocycles. The topological polar surface area (TPSA) is 112 Å². The molecule has 8 nitrogen and oxygen atoms in total. The summed E-state index contributed by atoms with van der Waals surface area (Å²) in [5.74, 6) is -1.69. The number of primary amides is 1. The van der Waals surface area contributed by atoms with Crippen LogP contribution in [0.4, 0.5) is 13.2 Å². The van der Waals surface area contributed by atoms with Crippen LogP contribution >= 0.6 is 11.3 Å². The number of imidazole rings is 1. The predicted molar refractivity (Wildman–Crippen MR) is 117 cm³/mol. The Labute approximate surface area is 196 Å². The molecule has 3 aromatic rings. The van der Waals surface area contributed by atoms with Crippen molar-refractivity contribution in [2.45, 2.75) is 62.8 Å². The van der Waals surface area contributed by atoms with Gasteiger partial charge in [0.15, 0.2) is 10.6 Å². The van der Waals surface area contributed by atoms with Gasteiger partial charge in [-0.15, -0.1) is 11.3 Å². The molecule has 2 aliphatic rings. The number of alkyl halides is 3. The highest BCUT2D eigenvalue weighted by Gasteiger charge is 2.38. The first-order chi connectivity index (χ1) is 16.2. The molecule has 0 radical (unpaired) electrons. The van der Waals surface area contributed by atoms with Crippen LogP contribution in [0.25, 0.3) is 5.52 Å². The first-order valence-electron chi connectivity index (χ1n) is 11.0. The van der Waals surface area contributed by atoms with Gasteiger partial charge in [0.05, 0.1) is 5.52 Å². The number of carbonyl (C=O) groups is 2. The highest BCUT2D eigenvalue weighted by molar-refractivity contribution is 7.14. The van der Waals surface area contributed by atoms with Crippen LogP contribution in [0.5, 0.6) is 5.88 Å². The first-order valence-corrected chi connectivity index (χ1v) is 11.8. The summed E-state index contributed by atoms with van der Waals surface area (Å²) >= 11 is 1.28. The molecule has 3 heterocycles. The number of nitrogens with one attached hydrogen (secondary N) is 1. The van der Waals surface area contributed by atoms with Gasteiger partial charge in [0.2, 0.25) is 11.7 Å². The molecule has 180 valence electrons. The maximum atomic E-state index is 13.3. The smallest absolute Gasteiger partial charge is 0.450 e. The van der Waals surface area contributed by atoms with Gasteiger partial charge < -0.3 is 15.8 Å². The molecule has 3 aromatic heterocycles. The fourth-order valence-corrected chi connectivity index (χ4v) is 5.23. The van der Waals surface area contributed by atoms with E-state index in [4.69, 9.17) is 10.5 Å². The molecule has 34 heavy (non-hydrogen) atoms. The van der Waals surface area contributed by atoms with Crippen molar-refractivity contribution in [2.24, 2.45) is 5.73 Å². The van der Waals surface area contributed by atoms with Gasteiger partial charge in [0, 0.05) is 18.2 Å². The predicted octanol–water partition coefficient (Wildman–Crippen LogP) is 3.91. The Bertz CT molecular complexity index is 1240. The van der Waals surface area contributed by atoms with E-state index in [1.54, 1.807) is 6.07 Å². The first kappa shape index (κ1) is 22.6. The second kappa shape index (κ2) is 8.57. The van der Waals surface area contributed by atoms with Crippen molar-refractivity contribution < 1.29 is 27.5 Å². The lowest BCUT2D eigenvalue weighted by molar-refractivity contribution is -0.145. The van der Waals surface area contributed by atoms with Crippen molar-refractivity contribution in [3.8, 4) is 5.88 Å². The Morgan fingerprint density at radius 1 is 1.12 bits per heavy atom. The molecule has 0 atom stereocenters. The number of thiazole rings is 1. The number of ether oxygens (including phenoxy) is 1. The number of hydrogen-bond acceptors (Lipinski definition) is 6. The van der Waals surface area contributed by atoms with E-state index in [2.05, 4.69) is 15.3 Å². The van der Waals surface area contributed by atoms with Gasteiger partial charge in [-0.1, -0.05) is 6.07 Å². The fourth-order valence-electron chi connectivity index (χ4n) is 4.20. The van der Waals surface area contributed by atoms with Crippen LogP contribution < -0.4 is 15.8 Å². The molecule has 2 saturated carbocycles. The molecule has 0 bridgehead atoms. The van der Waals surface area contributed by atoms with Crippen molar-refractivity contribution in [1.82, 2.24) is 19.7 Å². The average molecular weight is 494 g/mol. The molecule has 3 N–H and O–H groups in total. The number of rotatable bonds is 6. The molecule has 0 unspecified atom stereocenters. The molecular formula is C22H22F3N5O3S. The highest BCUT2D eigenvalue weighted by Crippen LogP contribution is 2.44. The van der Waals surface area contributed by atoms with Crippen molar-refractivity contribution in [2.75, 3.05) is 0 Å². The van der Waals surface area contributed by atoms with E-state index >= 15 is 0 Å². The number of fused-ring (bicyclic) bond motifs is 1. The van der Waals surface area contributed by atoms with Crippen LogP contribution in [0.15, 0.2) is 24.4 Å². The van der Waals surface area contributed by atoms with Crippen LogP contribution in [0.2, 0.25) is 0 Å². The molecule has 2 amide bonds. The maximum absolute atomic E-state index is 13.3. The van der Waals surface area contributed by atoms with E-state index in [1.807, 2.05) is 0 Å². The van der Waals surface area contributed by atoms with Gasteiger partial charge in [0.25, 0.3) is 11.8 Å². The summed E-state index contributed by atoms with van der Waals surface area (Å²) in [6, 6.07) is 4.22. The zero-order valence-electron chi connectivity index (χ0n) is 18.0. The molecule has 2 fully saturated rings. The van der Waals surface area contributed by atoms with E-state index in [9.17, 15) is 22.8 Å². The number of nitrogens with zero attached hydrogens (tertiary/aromatic N) is 3. The van der Waals surface area contributed by atoms with Gasteiger partial charge in [-0.2, -0.15) is 13.2 Å². The number of carbonyl (C=O) groups excluding carboxylic acids is 2. The average Bonchev–Trinajstić information content (AvgIpc) is 3.42. The Hall–Kier alpha value is -3.15. The van der Waals surface area contributed by atoms with Crippen molar-refractivity contribution in [1.29, 1.82) is 0 Å². The molecule has 0 aliphatic heterocycles. The minimum atomic E-state index is -4.68. The standard InChI is InChI=1S/C22H22F3N5O3S/c23-22(24,25)21-28-15(14-3-1-2-10-30(14)21)18(32)27-12-6-8-13(9-7-12)33-19-16(17(26)31)34-20(29-19)11-4-5-11/h1-3,10-13H,4-9H2,(H2,26,31)(H,27,32). The van der Waals surface area contributed by atoms with E-state index in [0.29, 0.717) is 36.5 Å². The summed E-state index contributed by atoms with van der Waals surface area (Å²) in [4.78, 5) is 32.9. The van der Waals surface area contributed by atoms with Crippen LogP contribution in [0, 0.1) is 0 Å². The number of aromatic nitrogens is 3. The van der Waals surface area contributed by atoms with Crippen molar-refractivity contribution in [3.05, 3.63) is 45.8 Å². The minimum Gasteiger partial charge on any atom is -0.473 e. The SMILES string of the molecule is NC(=O)c1sc(C2CC2)nc1OC1CCC(NC(=O)c2nc(C(F)(F)F)n3ccccc23)CC1. The molecule has 0 spiro atoms. The van der Waals surface area contributed by atoms with Crippen LogP contribution in [0.1, 0.15) is 75.4 Å². The van der Waals surface area contributed by atoms with E-state index in [-0.39, 0.29) is 29.2 Å². The fraction of sp³-hybridized carbons (Fsp3) is 0.455. The van der Waals surface area contributed by atoms with E-state index < -0.39 is 23.8 Å². The van der Waals surface area contributed by atoms with Gasteiger partial charge in [0.1, 0.15) is 11.1 Å². The maximum Gasteiger partial charge on any atom is 0.450 e. The molecule has 2 aliphatic carbocycles. The van der Waals surface area contributed by atoms with E-state index in [1.165, 1.54) is 29.7 Å². The summed E-state index contributed by atoms with van der Waals surface area (Å²) in [6.45, 7) is 0. The number of pyridine rings is 1. The quantitative estimate of drug-likeness (QED) is 0.541. The normalized spacial score (nSPS) is 20.9. The third-order valence-corrected chi connectivity index (χ3v) is 7.28. The van der Waals surface area contributed by atoms with Crippen molar-refractivity contribution in [3.63, 3.8) is 0 Å². The van der Waals surface area contributed by atoms with Gasteiger partial charge in [-0.25, -0.2) is 9.97 Å². The zero-order chi connectivity index (χ0) is 24.0. The Kier molecular flexibility index (Phi) is 5.70. The van der Waals surface area contributed by atoms with Gasteiger partial charge in [-0.3, -0.25) is 14.0 Å². The lowest BCUT2D eigenvalue weighted by Crippen LogP contribution is -2.40. The van der Waals surface area contributed by atoms with Crippen molar-refractivity contribution >= 4 is 28.7 Å². The second-order valence-corrected chi connectivity index (χ2v) is 9.66. The number of amides is 2. The van der Waals surface area contributed by atoms with E-state index in [0.717, 1.165) is 22.2 Å². The molecule has 0 saturated heterocycles. The highest BCUT2D eigenvalue weighted by atomic mass is 32.1. The zero-order valence-corrected chi connectivity index (χ0v) is 18.8. The largest absolute Gasteiger partial charge is 0.473 e. The van der Waals surface area contributed by atoms with Gasteiger partial charge in [-0.05, 0) is 50.7 Å². The van der Waals surface area contributed by atoms with Gasteiger partial charge >= 0.3 is 6.18 Å². The Balaban J connectivity index is 1.23. The van der Waals surface area contributed by atoms with Crippen LogP contribution in [-0.2, 0) is 6.18 Å². The number of hydrogen-bond donors (Lipinski definition) is 2. The van der Waals surface area contributed by atoms with Crippen LogP contribution in [0.3, 0.4) is 0 Å². The lowest BCUT2D eigenvalue weighted by Gasteiger charge is -2.29. The summed E-state index contributed by atoms with van der Waals surface area (Å²) < 4.78 is 46.9. The summed E-state index contributed by atoms with van der Waals surface area (Å²) in [5.41, 5.74) is 5.32. The second-order valence-electron chi connectivity index (χ2n) is 8.63. The third-order valence-electron chi connectivity index (χ3n) is 6.07. The number of halogens is 3. The Morgan fingerprint density at radius 2 is 1.85 bits per heavy atom. The summed E-state index contributed by atoms with van der Waals surface area (Å²) in [6.07, 6.45) is 0.785. The minimum absolute atomic E-state index is 0.0957. The molecular weight excluding hydrogens is 471 g/mol. The summed E-state index contributed by atoms with van der Waals surface area (Å²) in [5, 5.41) is 3.68. The monoisotopic (exact) mass is 493 g/mol. The Morgan fingerprint density at radius 3 is 2.50 bits per heavy atom. The molecule has 5 rings (SSSR count). The lowest BCUT2D eigenvalue weighted by atomic mass is 9.93.